The molecule has 0 aliphatic carbocycles. The number of benzene rings is 1. The summed E-state index contributed by atoms with van der Waals surface area (Å²) in [6, 6.07) is 7.96. The first-order chi connectivity index (χ1) is 7.81. The summed E-state index contributed by atoms with van der Waals surface area (Å²) in [5.74, 6) is 0. The molecule has 16 heavy (non-hydrogen) atoms. The summed E-state index contributed by atoms with van der Waals surface area (Å²) >= 11 is 0. The van der Waals surface area contributed by atoms with E-state index in [2.05, 4.69) is 11.9 Å². The molecule has 0 amide bonds. The molecule has 1 aliphatic rings. The summed E-state index contributed by atoms with van der Waals surface area (Å²) in [6.07, 6.45) is 2.66. The number of anilines is 1. The van der Waals surface area contributed by atoms with E-state index in [-0.39, 0.29) is 6.61 Å². The quantitative estimate of drug-likeness (QED) is 0.841. The molecule has 0 radical (unpaired) electrons. The second-order valence-corrected chi connectivity index (χ2v) is 4.30. The molecule has 0 spiro atoms. The average molecular weight is 221 g/mol. The van der Waals surface area contributed by atoms with Crippen LogP contribution in [-0.2, 0) is 11.3 Å². The summed E-state index contributed by atoms with van der Waals surface area (Å²) in [6.45, 7) is 1.88. The summed E-state index contributed by atoms with van der Waals surface area (Å²) in [7, 11) is 2.05. The third-order valence-electron chi connectivity index (χ3n) is 3.07. The molecular weight excluding hydrogens is 202 g/mol. The maximum Gasteiger partial charge on any atom is 0.0750 e. The molecule has 1 saturated heterocycles. The molecule has 3 heteroatoms. The van der Waals surface area contributed by atoms with Crippen LogP contribution in [0, 0.1) is 0 Å². The van der Waals surface area contributed by atoms with Gasteiger partial charge < -0.3 is 14.7 Å². The normalized spacial score (nSPS) is 20.0. The Hall–Kier alpha value is -1.06. The zero-order chi connectivity index (χ0) is 11.4. The van der Waals surface area contributed by atoms with E-state index >= 15 is 0 Å². The zero-order valence-corrected chi connectivity index (χ0v) is 9.72. The van der Waals surface area contributed by atoms with Gasteiger partial charge in [0.2, 0.25) is 0 Å². The van der Waals surface area contributed by atoms with Crippen molar-refractivity contribution in [3.8, 4) is 0 Å². The van der Waals surface area contributed by atoms with E-state index in [9.17, 15) is 5.11 Å². The maximum absolute atomic E-state index is 9.27. The van der Waals surface area contributed by atoms with Crippen molar-refractivity contribution in [1.29, 1.82) is 0 Å². The van der Waals surface area contributed by atoms with Crippen LogP contribution in [0.2, 0.25) is 0 Å². The Bertz CT molecular complexity index is 334. The molecule has 1 fully saturated rings. The summed E-state index contributed by atoms with van der Waals surface area (Å²) < 4.78 is 5.61. The van der Waals surface area contributed by atoms with Crippen LogP contribution >= 0.6 is 0 Å². The first-order valence-electron chi connectivity index (χ1n) is 5.83. The summed E-state index contributed by atoms with van der Waals surface area (Å²) in [4.78, 5) is 2.17. The molecule has 1 aromatic rings. The topological polar surface area (TPSA) is 32.7 Å². The maximum atomic E-state index is 9.27. The Morgan fingerprint density at radius 1 is 1.44 bits per heavy atom. The number of aliphatic hydroxyl groups is 1. The van der Waals surface area contributed by atoms with E-state index in [0.29, 0.717) is 6.10 Å². The zero-order valence-electron chi connectivity index (χ0n) is 9.72. The largest absolute Gasteiger partial charge is 0.392 e. The van der Waals surface area contributed by atoms with Crippen LogP contribution in [0.15, 0.2) is 24.3 Å². The van der Waals surface area contributed by atoms with E-state index in [0.717, 1.165) is 30.8 Å². The molecule has 0 bridgehead atoms. The number of para-hydroxylation sites is 1. The number of rotatable bonds is 4. The van der Waals surface area contributed by atoms with Gasteiger partial charge in [0, 0.05) is 31.5 Å². The highest BCUT2D eigenvalue weighted by Gasteiger charge is 2.18. The first kappa shape index (κ1) is 11.4. The molecular formula is C13H19NO2. The highest BCUT2D eigenvalue weighted by atomic mass is 16.5. The van der Waals surface area contributed by atoms with Gasteiger partial charge in [0.15, 0.2) is 0 Å². The Morgan fingerprint density at radius 3 is 2.94 bits per heavy atom. The minimum Gasteiger partial charge on any atom is -0.392 e. The minimum absolute atomic E-state index is 0.0893. The number of hydrogen-bond donors (Lipinski definition) is 1. The van der Waals surface area contributed by atoms with Gasteiger partial charge in [-0.15, -0.1) is 0 Å². The molecule has 1 aromatic carbocycles. The SMILES string of the molecule is CN(CC1CCCO1)c1ccccc1CO. The van der Waals surface area contributed by atoms with E-state index in [1.807, 2.05) is 24.3 Å². The molecule has 0 aromatic heterocycles. The van der Waals surface area contributed by atoms with Crippen LogP contribution in [-0.4, -0.2) is 31.4 Å². The van der Waals surface area contributed by atoms with Gasteiger partial charge in [0.05, 0.1) is 12.7 Å². The third kappa shape index (κ3) is 2.54. The Balaban J connectivity index is 2.04. The second-order valence-electron chi connectivity index (χ2n) is 4.30. The lowest BCUT2D eigenvalue weighted by atomic mass is 10.1. The molecule has 88 valence electrons. The standard InChI is InChI=1S/C13H19NO2/c1-14(9-12-6-4-8-16-12)13-7-3-2-5-11(13)10-15/h2-3,5,7,12,15H,4,6,8-10H2,1H3. The smallest absolute Gasteiger partial charge is 0.0750 e. The number of nitrogens with zero attached hydrogens (tertiary/aromatic N) is 1. The number of ether oxygens (including phenoxy) is 1. The number of aliphatic hydroxyl groups excluding tert-OH is 1. The van der Waals surface area contributed by atoms with Gasteiger partial charge in [-0.1, -0.05) is 18.2 Å². The van der Waals surface area contributed by atoms with E-state index < -0.39 is 0 Å². The van der Waals surface area contributed by atoms with Gasteiger partial charge in [-0.3, -0.25) is 0 Å². The summed E-state index contributed by atoms with van der Waals surface area (Å²) in [5, 5.41) is 9.27. The molecule has 1 heterocycles. The van der Waals surface area contributed by atoms with Crippen LogP contribution in [0.5, 0.6) is 0 Å². The molecule has 1 unspecified atom stereocenters. The molecule has 2 rings (SSSR count). The molecule has 0 saturated carbocycles. The van der Waals surface area contributed by atoms with Gasteiger partial charge >= 0.3 is 0 Å². The van der Waals surface area contributed by atoms with Crippen molar-refractivity contribution in [2.24, 2.45) is 0 Å². The van der Waals surface area contributed by atoms with Crippen LogP contribution < -0.4 is 4.90 Å². The van der Waals surface area contributed by atoms with Crippen molar-refractivity contribution in [3.63, 3.8) is 0 Å². The Kier molecular flexibility index (Phi) is 3.80. The van der Waals surface area contributed by atoms with Crippen LogP contribution in [0.3, 0.4) is 0 Å². The number of hydrogen-bond acceptors (Lipinski definition) is 3. The van der Waals surface area contributed by atoms with E-state index in [4.69, 9.17) is 4.74 Å². The average Bonchev–Trinajstić information content (AvgIpc) is 2.81. The van der Waals surface area contributed by atoms with Gasteiger partial charge in [-0.05, 0) is 18.9 Å². The monoisotopic (exact) mass is 221 g/mol. The fraction of sp³-hybridized carbons (Fsp3) is 0.538. The van der Waals surface area contributed by atoms with Gasteiger partial charge in [-0.2, -0.15) is 0 Å². The molecule has 1 aliphatic heterocycles. The highest BCUT2D eigenvalue weighted by molar-refractivity contribution is 5.52. The predicted octanol–water partition coefficient (Wildman–Crippen LogP) is 1.79. The third-order valence-corrected chi connectivity index (χ3v) is 3.07. The van der Waals surface area contributed by atoms with Crippen molar-refractivity contribution in [2.45, 2.75) is 25.6 Å². The fourth-order valence-electron chi connectivity index (χ4n) is 2.21. The predicted molar refractivity (Wildman–Crippen MR) is 64.6 cm³/mol. The van der Waals surface area contributed by atoms with E-state index in [1.165, 1.54) is 6.42 Å². The van der Waals surface area contributed by atoms with Crippen LogP contribution in [0.1, 0.15) is 18.4 Å². The second kappa shape index (κ2) is 5.32. The van der Waals surface area contributed by atoms with Crippen LogP contribution in [0.25, 0.3) is 0 Å². The molecule has 3 nitrogen and oxygen atoms in total. The molecule has 1 atom stereocenters. The van der Waals surface area contributed by atoms with E-state index in [1.54, 1.807) is 0 Å². The van der Waals surface area contributed by atoms with Crippen molar-refractivity contribution < 1.29 is 9.84 Å². The van der Waals surface area contributed by atoms with Gasteiger partial charge in [0.1, 0.15) is 0 Å². The van der Waals surface area contributed by atoms with Gasteiger partial charge in [-0.25, -0.2) is 0 Å². The Morgan fingerprint density at radius 2 is 2.25 bits per heavy atom. The minimum atomic E-state index is 0.0893. The van der Waals surface area contributed by atoms with Crippen molar-refractivity contribution in [3.05, 3.63) is 29.8 Å². The first-order valence-corrected chi connectivity index (χ1v) is 5.83. The number of likely N-dealkylation sites (N-methyl/N-ethyl adjacent to an activating group) is 1. The fourth-order valence-corrected chi connectivity index (χ4v) is 2.21. The summed E-state index contributed by atoms with van der Waals surface area (Å²) in [5.41, 5.74) is 2.07. The van der Waals surface area contributed by atoms with Gasteiger partial charge in [0.25, 0.3) is 0 Å². The van der Waals surface area contributed by atoms with Crippen LogP contribution in [0.4, 0.5) is 5.69 Å². The van der Waals surface area contributed by atoms with Crippen molar-refractivity contribution >= 4 is 5.69 Å². The lowest BCUT2D eigenvalue weighted by molar-refractivity contribution is 0.116. The highest BCUT2D eigenvalue weighted by Crippen LogP contribution is 2.21. The van der Waals surface area contributed by atoms with Crippen molar-refractivity contribution in [2.75, 3.05) is 25.1 Å². The lowest BCUT2D eigenvalue weighted by Gasteiger charge is -2.24. The molecule has 1 N–H and O–H groups in total. The Labute approximate surface area is 96.6 Å². The lowest BCUT2D eigenvalue weighted by Crippen LogP contribution is -2.29. The van der Waals surface area contributed by atoms with Crippen molar-refractivity contribution in [1.82, 2.24) is 0 Å².